The number of nitrogens with one attached hydrogen (secondary N) is 1. The van der Waals surface area contributed by atoms with E-state index in [4.69, 9.17) is 0 Å². The second-order valence-electron chi connectivity index (χ2n) is 4.96. The highest BCUT2D eigenvalue weighted by Gasteiger charge is 2.10. The van der Waals surface area contributed by atoms with Gasteiger partial charge in [-0.05, 0) is 38.5 Å². The Hall–Kier alpha value is -1.88. The Morgan fingerprint density at radius 2 is 2.10 bits per heavy atom. The van der Waals surface area contributed by atoms with Crippen molar-refractivity contribution < 1.29 is 4.39 Å². The summed E-state index contributed by atoms with van der Waals surface area (Å²) in [5.41, 5.74) is 3.57. The van der Waals surface area contributed by atoms with E-state index in [0.29, 0.717) is 12.1 Å². The number of halogens is 1. The Balaban J connectivity index is 1.85. The van der Waals surface area contributed by atoms with Gasteiger partial charge in [-0.3, -0.25) is 4.40 Å². The van der Waals surface area contributed by atoms with Crippen molar-refractivity contribution in [3.8, 4) is 0 Å². The zero-order valence-corrected chi connectivity index (χ0v) is 12.5. The highest BCUT2D eigenvalue weighted by Crippen LogP contribution is 2.22. The summed E-state index contributed by atoms with van der Waals surface area (Å²) in [6.07, 6.45) is 2.09. The van der Waals surface area contributed by atoms with Crippen molar-refractivity contribution in [1.82, 2.24) is 9.38 Å². The van der Waals surface area contributed by atoms with E-state index in [2.05, 4.69) is 27.8 Å². The van der Waals surface area contributed by atoms with Crippen LogP contribution in [0.4, 0.5) is 10.1 Å². The lowest BCUT2D eigenvalue weighted by Gasteiger charge is -2.07. The van der Waals surface area contributed by atoms with Crippen LogP contribution < -0.4 is 5.32 Å². The number of imidazole rings is 1. The van der Waals surface area contributed by atoms with Crippen LogP contribution in [0.15, 0.2) is 24.4 Å². The van der Waals surface area contributed by atoms with Gasteiger partial charge in [0.05, 0.1) is 17.9 Å². The van der Waals surface area contributed by atoms with Gasteiger partial charge in [-0.15, -0.1) is 11.3 Å². The molecule has 20 heavy (non-hydrogen) atoms. The molecule has 0 aliphatic carbocycles. The Labute approximate surface area is 121 Å². The van der Waals surface area contributed by atoms with Gasteiger partial charge in [-0.1, -0.05) is 6.07 Å². The number of fused-ring (bicyclic) bond motifs is 1. The van der Waals surface area contributed by atoms with E-state index in [1.54, 1.807) is 24.3 Å². The molecule has 3 rings (SSSR count). The number of benzene rings is 1. The predicted octanol–water partition coefficient (Wildman–Crippen LogP) is 4.07. The van der Waals surface area contributed by atoms with Crippen LogP contribution in [0.2, 0.25) is 0 Å². The summed E-state index contributed by atoms with van der Waals surface area (Å²) in [7, 11) is 0. The van der Waals surface area contributed by atoms with E-state index >= 15 is 0 Å². The van der Waals surface area contributed by atoms with Gasteiger partial charge in [0.1, 0.15) is 5.82 Å². The van der Waals surface area contributed by atoms with Crippen molar-refractivity contribution in [2.45, 2.75) is 27.3 Å². The maximum absolute atomic E-state index is 13.5. The maximum atomic E-state index is 13.5. The van der Waals surface area contributed by atoms with E-state index in [9.17, 15) is 4.39 Å². The first-order valence-corrected chi connectivity index (χ1v) is 7.30. The van der Waals surface area contributed by atoms with Crippen LogP contribution in [-0.4, -0.2) is 9.38 Å². The standard InChI is InChI=1S/C15H16FN3S/c1-9-4-5-12(6-13(9)16)17-7-14-11(3)18-15-19(14)8-10(2)20-15/h4-6,8,17H,7H2,1-3H3. The largest absolute Gasteiger partial charge is 0.379 e. The van der Waals surface area contributed by atoms with Crippen LogP contribution in [0.5, 0.6) is 0 Å². The van der Waals surface area contributed by atoms with E-state index < -0.39 is 0 Å². The molecule has 5 heteroatoms. The van der Waals surface area contributed by atoms with E-state index in [-0.39, 0.29) is 5.82 Å². The summed E-state index contributed by atoms with van der Waals surface area (Å²) < 4.78 is 15.6. The third-order valence-electron chi connectivity index (χ3n) is 3.37. The van der Waals surface area contributed by atoms with E-state index in [0.717, 1.165) is 22.0 Å². The van der Waals surface area contributed by atoms with Gasteiger partial charge < -0.3 is 5.32 Å². The summed E-state index contributed by atoms with van der Waals surface area (Å²) in [4.78, 5) is 6.78. The normalized spacial score (nSPS) is 11.2. The summed E-state index contributed by atoms with van der Waals surface area (Å²) in [6, 6.07) is 5.21. The quantitative estimate of drug-likeness (QED) is 0.787. The molecule has 104 valence electrons. The maximum Gasteiger partial charge on any atom is 0.194 e. The van der Waals surface area contributed by atoms with Crippen LogP contribution in [0.25, 0.3) is 4.96 Å². The molecule has 3 aromatic rings. The third-order valence-corrected chi connectivity index (χ3v) is 4.27. The second-order valence-corrected chi connectivity index (χ2v) is 6.17. The Kier molecular flexibility index (Phi) is 3.22. The highest BCUT2D eigenvalue weighted by atomic mass is 32.1. The Morgan fingerprint density at radius 3 is 2.85 bits per heavy atom. The topological polar surface area (TPSA) is 29.3 Å². The SMILES string of the molecule is Cc1cn2c(CNc3ccc(C)c(F)c3)c(C)nc2s1. The average Bonchev–Trinajstić information content (AvgIpc) is 2.87. The molecule has 0 unspecified atom stereocenters. The number of aryl methyl sites for hydroxylation is 3. The molecular weight excluding hydrogens is 273 g/mol. The zero-order valence-electron chi connectivity index (χ0n) is 11.7. The highest BCUT2D eigenvalue weighted by molar-refractivity contribution is 7.17. The molecule has 0 fully saturated rings. The lowest BCUT2D eigenvalue weighted by atomic mass is 10.2. The molecule has 0 aliphatic rings. The Morgan fingerprint density at radius 1 is 1.30 bits per heavy atom. The minimum Gasteiger partial charge on any atom is -0.379 e. The molecule has 0 atom stereocenters. The molecule has 0 aliphatic heterocycles. The number of anilines is 1. The lowest BCUT2D eigenvalue weighted by Crippen LogP contribution is -2.04. The van der Waals surface area contributed by atoms with Gasteiger partial charge in [0, 0.05) is 16.8 Å². The first kappa shape index (κ1) is 13.1. The molecule has 0 radical (unpaired) electrons. The average molecular weight is 289 g/mol. The fraction of sp³-hybridized carbons (Fsp3) is 0.267. The monoisotopic (exact) mass is 289 g/mol. The fourth-order valence-corrected chi connectivity index (χ4v) is 3.10. The summed E-state index contributed by atoms with van der Waals surface area (Å²) in [5.74, 6) is -0.184. The first-order valence-electron chi connectivity index (χ1n) is 6.48. The van der Waals surface area contributed by atoms with Crippen LogP contribution in [0, 0.1) is 26.6 Å². The summed E-state index contributed by atoms with van der Waals surface area (Å²) in [6.45, 7) is 6.46. The molecule has 1 aromatic carbocycles. The van der Waals surface area contributed by atoms with Gasteiger partial charge in [0.15, 0.2) is 4.96 Å². The Bertz CT molecular complexity index is 773. The van der Waals surface area contributed by atoms with Gasteiger partial charge in [0.2, 0.25) is 0 Å². The molecular formula is C15H16FN3S. The van der Waals surface area contributed by atoms with Crippen LogP contribution in [-0.2, 0) is 6.54 Å². The third kappa shape index (κ3) is 2.29. The van der Waals surface area contributed by atoms with Gasteiger partial charge in [0.25, 0.3) is 0 Å². The molecule has 0 bridgehead atoms. The van der Waals surface area contributed by atoms with Crippen LogP contribution in [0.1, 0.15) is 21.8 Å². The zero-order chi connectivity index (χ0) is 14.3. The molecule has 2 heterocycles. The summed E-state index contributed by atoms with van der Waals surface area (Å²) in [5, 5.41) is 3.26. The molecule has 0 saturated heterocycles. The van der Waals surface area contributed by atoms with E-state index in [1.165, 1.54) is 10.9 Å². The molecule has 3 nitrogen and oxygen atoms in total. The first-order chi connectivity index (χ1) is 9.54. The number of hydrogen-bond donors (Lipinski definition) is 1. The molecule has 0 saturated carbocycles. The van der Waals surface area contributed by atoms with Crippen molar-refractivity contribution in [2.24, 2.45) is 0 Å². The van der Waals surface area contributed by atoms with Crippen LogP contribution in [0.3, 0.4) is 0 Å². The molecule has 2 aromatic heterocycles. The molecule has 0 amide bonds. The van der Waals surface area contributed by atoms with Gasteiger partial charge in [-0.2, -0.15) is 0 Å². The molecule has 1 N–H and O–H groups in total. The summed E-state index contributed by atoms with van der Waals surface area (Å²) >= 11 is 1.68. The number of rotatable bonds is 3. The predicted molar refractivity (Wildman–Crippen MR) is 81.0 cm³/mol. The second kappa shape index (κ2) is 4.90. The fourth-order valence-electron chi connectivity index (χ4n) is 2.21. The number of thiazole rings is 1. The van der Waals surface area contributed by atoms with Crippen molar-refractivity contribution in [3.63, 3.8) is 0 Å². The molecule has 0 spiro atoms. The number of aromatic nitrogens is 2. The van der Waals surface area contributed by atoms with Gasteiger partial charge in [-0.25, -0.2) is 9.37 Å². The van der Waals surface area contributed by atoms with Gasteiger partial charge >= 0.3 is 0 Å². The van der Waals surface area contributed by atoms with Crippen LogP contribution >= 0.6 is 11.3 Å². The number of hydrogen-bond acceptors (Lipinski definition) is 3. The minimum atomic E-state index is -0.184. The van der Waals surface area contributed by atoms with Crippen molar-refractivity contribution in [3.05, 3.63) is 52.0 Å². The minimum absolute atomic E-state index is 0.184. The lowest BCUT2D eigenvalue weighted by molar-refractivity contribution is 0.619. The van der Waals surface area contributed by atoms with Crippen molar-refractivity contribution in [2.75, 3.05) is 5.32 Å². The smallest absolute Gasteiger partial charge is 0.194 e. The number of nitrogens with zero attached hydrogens (tertiary/aromatic N) is 2. The van der Waals surface area contributed by atoms with E-state index in [1.807, 2.05) is 13.0 Å². The van der Waals surface area contributed by atoms with Crippen molar-refractivity contribution in [1.29, 1.82) is 0 Å². The van der Waals surface area contributed by atoms with Crippen molar-refractivity contribution >= 4 is 22.0 Å².